The number of anilines is 1. The Labute approximate surface area is 182 Å². The van der Waals surface area contributed by atoms with Crippen LogP contribution in [0.4, 0.5) is 5.69 Å². The first kappa shape index (κ1) is 20.1. The Bertz CT molecular complexity index is 978. The van der Waals surface area contributed by atoms with E-state index in [9.17, 15) is 14.7 Å². The van der Waals surface area contributed by atoms with Gasteiger partial charge in [-0.1, -0.05) is 30.3 Å². The minimum absolute atomic E-state index is 0.110. The second kappa shape index (κ2) is 7.70. The van der Waals surface area contributed by atoms with Crippen molar-refractivity contribution in [3.63, 3.8) is 0 Å². The van der Waals surface area contributed by atoms with Crippen molar-refractivity contribution in [2.24, 2.45) is 17.8 Å². The SMILES string of the molecule is COc1ccc(C(=O)O)c(NC(=O)Cc2ccccc2)c1C12CC3CC(CC(C3)C1)C2. The fraction of sp³-hybridized carbons (Fsp3) is 0.462. The van der Waals surface area contributed by atoms with Crippen LogP contribution in [0.15, 0.2) is 42.5 Å². The highest BCUT2D eigenvalue weighted by molar-refractivity contribution is 6.03. The van der Waals surface area contributed by atoms with Crippen molar-refractivity contribution in [1.82, 2.24) is 0 Å². The molecule has 1 amide bonds. The molecule has 0 saturated heterocycles. The molecule has 162 valence electrons. The fourth-order valence-electron chi connectivity index (χ4n) is 6.97. The van der Waals surface area contributed by atoms with Crippen molar-refractivity contribution in [1.29, 1.82) is 0 Å². The number of carbonyl (C=O) groups excluding carboxylic acids is 1. The first-order valence-corrected chi connectivity index (χ1v) is 11.3. The van der Waals surface area contributed by atoms with Crippen molar-refractivity contribution in [2.75, 3.05) is 12.4 Å². The van der Waals surface area contributed by atoms with Gasteiger partial charge in [0.1, 0.15) is 5.75 Å². The number of aromatic carboxylic acids is 1. The van der Waals surface area contributed by atoms with E-state index >= 15 is 0 Å². The van der Waals surface area contributed by atoms with Crippen molar-refractivity contribution in [3.05, 3.63) is 59.2 Å². The molecule has 0 heterocycles. The van der Waals surface area contributed by atoms with Gasteiger partial charge in [-0.25, -0.2) is 4.79 Å². The van der Waals surface area contributed by atoms with Crippen LogP contribution >= 0.6 is 0 Å². The highest BCUT2D eigenvalue weighted by atomic mass is 16.5. The van der Waals surface area contributed by atoms with Crippen LogP contribution in [0.1, 0.15) is 60.0 Å². The molecule has 2 aromatic carbocycles. The molecule has 4 aliphatic carbocycles. The Balaban J connectivity index is 1.58. The Morgan fingerprint density at radius 3 is 2.16 bits per heavy atom. The molecule has 6 rings (SSSR count). The zero-order valence-electron chi connectivity index (χ0n) is 17.9. The zero-order valence-corrected chi connectivity index (χ0v) is 17.9. The molecule has 4 saturated carbocycles. The highest BCUT2D eigenvalue weighted by Crippen LogP contribution is 2.63. The molecule has 5 nitrogen and oxygen atoms in total. The Morgan fingerprint density at radius 2 is 1.61 bits per heavy atom. The Morgan fingerprint density at radius 1 is 1.00 bits per heavy atom. The second-order valence-electron chi connectivity index (χ2n) is 9.78. The second-order valence-corrected chi connectivity index (χ2v) is 9.78. The molecule has 0 radical (unpaired) electrons. The first-order chi connectivity index (χ1) is 15.0. The third-order valence-electron chi connectivity index (χ3n) is 7.66. The Kier molecular flexibility index (Phi) is 4.99. The molecule has 4 aliphatic rings. The first-order valence-electron chi connectivity index (χ1n) is 11.3. The molecular formula is C26H29NO4. The molecule has 2 N–H and O–H groups in total. The summed E-state index contributed by atoms with van der Waals surface area (Å²) < 4.78 is 5.77. The monoisotopic (exact) mass is 419 g/mol. The standard InChI is InChI=1S/C26H29NO4/c1-31-21-8-7-20(25(29)30)24(27-22(28)12-16-5-3-2-4-6-16)23(21)26-13-17-9-18(14-26)11-19(10-17)15-26/h2-8,17-19H,9-15H2,1H3,(H,27,28)(H,29,30). The van der Waals surface area contributed by atoms with E-state index in [0.29, 0.717) is 29.2 Å². The summed E-state index contributed by atoms with van der Waals surface area (Å²) >= 11 is 0. The average molecular weight is 420 g/mol. The minimum Gasteiger partial charge on any atom is -0.496 e. The number of carbonyl (C=O) groups is 2. The van der Waals surface area contributed by atoms with Gasteiger partial charge in [-0.05, 0) is 74.0 Å². The maximum absolute atomic E-state index is 13.0. The van der Waals surface area contributed by atoms with Gasteiger partial charge in [0.05, 0.1) is 24.8 Å². The summed E-state index contributed by atoms with van der Waals surface area (Å²) in [7, 11) is 1.63. The van der Waals surface area contributed by atoms with Crippen molar-refractivity contribution >= 4 is 17.6 Å². The number of hydrogen-bond donors (Lipinski definition) is 2. The van der Waals surface area contributed by atoms with Crippen LogP contribution in [0, 0.1) is 17.8 Å². The predicted molar refractivity (Wildman–Crippen MR) is 119 cm³/mol. The molecule has 5 heteroatoms. The lowest BCUT2D eigenvalue weighted by Gasteiger charge is -2.57. The third-order valence-corrected chi connectivity index (χ3v) is 7.66. The summed E-state index contributed by atoms with van der Waals surface area (Å²) in [5.74, 6) is 1.55. The number of amides is 1. The number of hydrogen-bond acceptors (Lipinski definition) is 3. The van der Waals surface area contributed by atoms with E-state index in [1.807, 2.05) is 30.3 Å². The quantitative estimate of drug-likeness (QED) is 0.688. The molecule has 0 atom stereocenters. The van der Waals surface area contributed by atoms with Crippen LogP contribution in [-0.4, -0.2) is 24.1 Å². The van der Waals surface area contributed by atoms with Gasteiger partial charge in [0.15, 0.2) is 0 Å². The van der Waals surface area contributed by atoms with E-state index < -0.39 is 5.97 Å². The van der Waals surface area contributed by atoms with Gasteiger partial charge in [0.2, 0.25) is 5.91 Å². The van der Waals surface area contributed by atoms with Crippen molar-refractivity contribution < 1.29 is 19.4 Å². The summed E-state index contributed by atoms with van der Waals surface area (Å²) in [5, 5.41) is 13.0. The lowest BCUT2D eigenvalue weighted by atomic mass is 9.47. The van der Waals surface area contributed by atoms with Crippen LogP contribution in [0.5, 0.6) is 5.75 Å². The number of nitrogens with one attached hydrogen (secondary N) is 1. The molecule has 4 bridgehead atoms. The topological polar surface area (TPSA) is 75.6 Å². The molecule has 0 unspecified atom stereocenters. The van der Waals surface area contributed by atoms with Gasteiger partial charge in [-0.15, -0.1) is 0 Å². The number of carboxylic acids is 1. The number of rotatable bonds is 6. The minimum atomic E-state index is -1.02. The molecule has 2 aromatic rings. The third kappa shape index (κ3) is 3.60. The summed E-state index contributed by atoms with van der Waals surface area (Å²) in [4.78, 5) is 25.1. The lowest BCUT2D eigenvalue weighted by Crippen LogP contribution is -2.49. The van der Waals surface area contributed by atoms with Gasteiger partial charge < -0.3 is 15.2 Å². The predicted octanol–water partition coefficient (Wildman–Crippen LogP) is 5.04. The summed E-state index contributed by atoms with van der Waals surface area (Å²) in [5.41, 5.74) is 2.29. The molecule has 31 heavy (non-hydrogen) atoms. The molecular weight excluding hydrogens is 390 g/mol. The normalized spacial score (nSPS) is 28.4. The van der Waals surface area contributed by atoms with E-state index in [4.69, 9.17) is 4.74 Å². The summed E-state index contributed by atoms with van der Waals surface area (Å²) in [6, 6.07) is 12.9. The average Bonchev–Trinajstić information content (AvgIpc) is 2.72. The van der Waals surface area contributed by atoms with E-state index in [1.54, 1.807) is 19.2 Å². The van der Waals surface area contributed by atoms with Gasteiger partial charge >= 0.3 is 5.97 Å². The zero-order chi connectivity index (χ0) is 21.6. The number of benzene rings is 2. The number of carboxylic acid groups (broad SMARTS) is 1. The van der Waals surface area contributed by atoms with Crippen molar-refractivity contribution in [3.8, 4) is 5.75 Å². The van der Waals surface area contributed by atoms with Gasteiger partial charge in [0, 0.05) is 11.0 Å². The van der Waals surface area contributed by atoms with Crippen LogP contribution in [-0.2, 0) is 16.6 Å². The summed E-state index contributed by atoms with van der Waals surface area (Å²) in [6.07, 6.45) is 7.24. The van der Waals surface area contributed by atoms with Gasteiger partial charge in [-0.2, -0.15) is 0 Å². The molecule has 0 aromatic heterocycles. The summed E-state index contributed by atoms with van der Waals surface area (Å²) in [6.45, 7) is 0. The highest BCUT2D eigenvalue weighted by Gasteiger charge is 2.53. The van der Waals surface area contributed by atoms with Crippen LogP contribution in [0.25, 0.3) is 0 Å². The maximum atomic E-state index is 13.0. The van der Waals surface area contributed by atoms with Crippen LogP contribution in [0.2, 0.25) is 0 Å². The number of ether oxygens (including phenoxy) is 1. The van der Waals surface area contributed by atoms with E-state index in [-0.39, 0.29) is 23.3 Å². The van der Waals surface area contributed by atoms with E-state index in [2.05, 4.69) is 5.32 Å². The Hall–Kier alpha value is -2.82. The fourth-order valence-corrected chi connectivity index (χ4v) is 6.97. The largest absolute Gasteiger partial charge is 0.496 e. The van der Waals surface area contributed by atoms with Crippen LogP contribution in [0.3, 0.4) is 0 Å². The number of methoxy groups -OCH3 is 1. The van der Waals surface area contributed by atoms with E-state index in [0.717, 1.165) is 30.4 Å². The van der Waals surface area contributed by atoms with Gasteiger partial charge in [0.25, 0.3) is 0 Å². The van der Waals surface area contributed by atoms with Gasteiger partial charge in [-0.3, -0.25) is 4.79 Å². The molecule has 4 fully saturated rings. The molecule has 0 aliphatic heterocycles. The van der Waals surface area contributed by atoms with Crippen molar-refractivity contribution in [2.45, 2.75) is 50.4 Å². The molecule has 0 spiro atoms. The smallest absolute Gasteiger partial charge is 0.337 e. The van der Waals surface area contributed by atoms with Crippen LogP contribution < -0.4 is 10.1 Å². The lowest BCUT2D eigenvalue weighted by molar-refractivity contribution is -0.115. The van der Waals surface area contributed by atoms with E-state index in [1.165, 1.54) is 19.3 Å². The maximum Gasteiger partial charge on any atom is 0.337 e.